The van der Waals surface area contributed by atoms with Gasteiger partial charge >= 0.3 is 0 Å². The van der Waals surface area contributed by atoms with Crippen LogP contribution in [0.5, 0.6) is 0 Å². The highest BCUT2D eigenvalue weighted by molar-refractivity contribution is 7.99. The summed E-state index contributed by atoms with van der Waals surface area (Å²) in [7, 11) is 0. The number of carbonyl (C=O) groups excluding carboxylic acids is 1. The molecule has 1 heterocycles. The van der Waals surface area contributed by atoms with Crippen LogP contribution in [0.15, 0.2) is 76.7 Å². The summed E-state index contributed by atoms with van der Waals surface area (Å²) in [6, 6.07) is 17.8. The maximum atomic E-state index is 13.4. The monoisotopic (exact) mass is 451 g/mol. The molecule has 0 saturated heterocycles. The number of aromatic nitrogens is 2. The van der Waals surface area contributed by atoms with Crippen LogP contribution >= 0.6 is 11.8 Å². The van der Waals surface area contributed by atoms with Crippen LogP contribution in [0.2, 0.25) is 0 Å². The molecule has 0 bridgehead atoms. The van der Waals surface area contributed by atoms with Crippen molar-refractivity contribution in [3.05, 3.63) is 94.3 Å². The van der Waals surface area contributed by atoms with Crippen molar-refractivity contribution in [3.8, 4) is 5.69 Å². The van der Waals surface area contributed by atoms with E-state index in [1.807, 2.05) is 31.2 Å². The fraction of sp³-hybridized carbons (Fsp3) is 0.125. The van der Waals surface area contributed by atoms with E-state index >= 15 is 0 Å². The van der Waals surface area contributed by atoms with E-state index in [-0.39, 0.29) is 17.0 Å². The van der Waals surface area contributed by atoms with Crippen molar-refractivity contribution < 1.29 is 13.6 Å². The summed E-state index contributed by atoms with van der Waals surface area (Å²) < 4.78 is 28.0. The molecule has 4 rings (SSSR count). The van der Waals surface area contributed by atoms with Crippen molar-refractivity contribution in [3.63, 3.8) is 0 Å². The first-order chi connectivity index (χ1) is 15.5. The van der Waals surface area contributed by atoms with Crippen LogP contribution in [-0.2, 0) is 11.2 Å². The van der Waals surface area contributed by atoms with Crippen LogP contribution in [0.4, 0.5) is 14.5 Å². The molecule has 3 aromatic carbocycles. The summed E-state index contributed by atoms with van der Waals surface area (Å²) in [5.74, 6) is -2.54. The van der Waals surface area contributed by atoms with E-state index in [1.165, 1.54) is 10.6 Å². The molecule has 0 atom stereocenters. The van der Waals surface area contributed by atoms with Gasteiger partial charge < -0.3 is 5.32 Å². The molecule has 0 aliphatic carbocycles. The number of para-hydroxylation sites is 1. The third-order valence-electron chi connectivity index (χ3n) is 4.88. The summed E-state index contributed by atoms with van der Waals surface area (Å²) in [6.07, 6.45) is 0.872. The predicted molar refractivity (Wildman–Crippen MR) is 122 cm³/mol. The Morgan fingerprint density at radius 3 is 2.50 bits per heavy atom. The minimum Gasteiger partial charge on any atom is -0.325 e. The van der Waals surface area contributed by atoms with Gasteiger partial charge in [0.15, 0.2) is 16.8 Å². The lowest BCUT2D eigenvalue weighted by Crippen LogP contribution is -2.23. The molecule has 162 valence electrons. The number of halogens is 2. The molecular weight excluding hydrogens is 432 g/mol. The van der Waals surface area contributed by atoms with Crippen LogP contribution in [0.3, 0.4) is 0 Å². The fourth-order valence-corrected chi connectivity index (χ4v) is 4.03. The number of anilines is 1. The normalized spacial score (nSPS) is 11.0. The van der Waals surface area contributed by atoms with Gasteiger partial charge in [0, 0.05) is 11.8 Å². The van der Waals surface area contributed by atoms with Crippen molar-refractivity contribution in [1.29, 1.82) is 0 Å². The van der Waals surface area contributed by atoms with Gasteiger partial charge in [0.1, 0.15) is 0 Å². The first-order valence-corrected chi connectivity index (χ1v) is 10.9. The molecule has 8 heteroatoms. The molecule has 0 aliphatic heterocycles. The second-order valence-electron chi connectivity index (χ2n) is 7.04. The van der Waals surface area contributed by atoms with Crippen LogP contribution in [0.1, 0.15) is 12.5 Å². The van der Waals surface area contributed by atoms with E-state index in [2.05, 4.69) is 10.3 Å². The third kappa shape index (κ3) is 4.55. The van der Waals surface area contributed by atoms with Crippen LogP contribution in [-0.4, -0.2) is 21.2 Å². The number of rotatable bonds is 6. The lowest BCUT2D eigenvalue weighted by atomic mass is 10.1. The fourth-order valence-electron chi connectivity index (χ4n) is 3.22. The number of thioether (sulfide) groups is 1. The second-order valence-corrected chi connectivity index (χ2v) is 7.98. The maximum Gasteiger partial charge on any atom is 0.266 e. The SMILES string of the molecule is CCc1ccc(-n2c(SCC(=O)Nc3ccc(F)c(F)c3)nc3ccccc3c2=O)cc1. The van der Waals surface area contributed by atoms with Gasteiger partial charge in [-0.15, -0.1) is 0 Å². The highest BCUT2D eigenvalue weighted by Gasteiger charge is 2.15. The van der Waals surface area contributed by atoms with Crippen LogP contribution in [0, 0.1) is 11.6 Å². The summed E-state index contributed by atoms with van der Waals surface area (Å²) in [5.41, 5.74) is 2.23. The average molecular weight is 451 g/mol. The van der Waals surface area contributed by atoms with E-state index < -0.39 is 17.5 Å². The number of fused-ring (bicyclic) bond motifs is 1. The highest BCUT2D eigenvalue weighted by Crippen LogP contribution is 2.22. The predicted octanol–water partition coefficient (Wildman–Crippen LogP) is 4.96. The zero-order chi connectivity index (χ0) is 22.7. The highest BCUT2D eigenvalue weighted by atomic mass is 32.2. The summed E-state index contributed by atoms with van der Waals surface area (Å²) in [4.78, 5) is 30.2. The Bertz CT molecular complexity index is 1350. The van der Waals surface area contributed by atoms with Crippen molar-refractivity contribution in [2.75, 3.05) is 11.1 Å². The minimum atomic E-state index is -1.05. The average Bonchev–Trinajstić information content (AvgIpc) is 2.80. The number of benzene rings is 3. The molecule has 0 radical (unpaired) electrons. The van der Waals surface area contributed by atoms with E-state index in [1.54, 1.807) is 24.3 Å². The Hall–Kier alpha value is -3.52. The van der Waals surface area contributed by atoms with Crippen LogP contribution in [0.25, 0.3) is 16.6 Å². The molecule has 1 N–H and O–H groups in total. The Morgan fingerprint density at radius 1 is 1.03 bits per heavy atom. The molecule has 4 aromatic rings. The second kappa shape index (κ2) is 9.32. The van der Waals surface area contributed by atoms with E-state index in [4.69, 9.17) is 0 Å². The van der Waals surface area contributed by atoms with Crippen molar-refractivity contribution >= 4 is 34.3 Å². The number of nitrogens with zero attached hydrogens (tertiary/aromatic N) is 2. The lowest BCUT2D eigenvalue weighted by Gasteiger charge is -2.13. The number of nitrogens with one attached hydrogen (secondary N) is 1. The van der Waals surface area contributed by atoms with Gasteiger partial charge in [-0.05, 0) is 48.4 Å². The molecule has 1 amide bonds. The van der Waals surface area contributed by atoms with Gasteiger partial charge in [-0.25, -0.2) is 13.8 Å². The summed E-state index contributed by atoms with van der Waals surface area (Å²) in [5, 5.41) is 3.36. The number of amides is 1. The summed E-state index contributed by atoms with van der Waals surface area (Å²) in [6.45, 7) is 2.05. The maximum absolute atomic E-state index is 13.4. The quantitative estimate of drug-likeness (QED) is 0.333. The molecule has 0 unspecified atom stereocenters. The first-order valence-electron chi connectivity index (χ1n) is 9.95. The number of hydrogen-bond donors (Lipinski definition) is 1. The molecule has 1 aromatic heterocycles. The van der Waals surface area contributed by atoms with Gasteiger partial charge in [0.2, 0.25) is 5.91 Å². The van der Waals surface area contributed by atoms with Gasteiger partial charge in [-0.3, -0.25) is 14.2 Å². The Morgan fingerprint density at radius 2 is 1.78 bits per heavy atom. The number of hydrogen-bond acceptors (Lipinski definition) is 4. The molecule has 0 aliphatic rings. The van der Waals surface area contributed by atoms with Gasteiger partial charge in [-0.1, -0.05) is 43.0 Å². The topological polar surface area (TPSA) is 64.0 Å². The minimum absolute atomic E-state index is 0.0726. The molecule has 0 saturated carbocycles. The van der Waals surface area contributed by atoms with E-state index in [0.29, 0.717) is 21.7 Å². The van der Waals surface area contributed by atoms with Crippen molar-refractivity contribution in [2.24, 2.45) is 0 Å². The molecule has 32 heavy (non-hydrogen) atoms. The third-order valence-corrected chi connectivity index (χ3v) is 5.82. The standard InChI is InChI=1S/C24H19F2N3O2S/c1-2-15-7-10-17(11-8-15)29-23(31)18-5-3-4-6-21(18)28-24(29)32-14-22(30)27-16-9-12-19(25)20(26)13-16/h3-13H,2,14H2,1H3,(H,27,30). The Balaban J connectivity index is 1.65. The number of carbonyl (C=O) groups is 1. The van der Waals surface area contributed by atoms with Gasteiger partial charge in [0.25, 0.3) is 5.56 Å². The van der Waals surface area contributed by atoms with E-state index in [9.17, 15) is 18.4 Å². The van der Waals surface area contributed by atoms with E-state index in [0.717, 1.165) is 35.9 Å². The molecule has 5 nitrogen and oxygen atoms in total. The first kappa shape index (κ1) is 21.7. The largest absolute Gasteiger partial charge is 0.325 e. The molecule has 0 fully saturated rings. The van der Waals surface area contributed by atoms with Crippen LogP contribution < -0.4 is 10.9 Å². The van der Waals surface area contributed by atoms with Gasteiger partial charge in [0.05, 0.1) is 22.3 Å². The smallest absolute Gasteiger partial charge is 0.266 e. The van der Waals surface area contributed by atoms with Gasteiger partial charge in [-0.2, -0.15) is 0 Å². The molecule has 0 spiro atoms. The summed E-state index contributed by atoms with van der Waals surface area (Å²) >= 11 is 1.09. The number of aryl methyl sites for hydroxylation is 1. The lowest BCUT2D eigenvalue weighted by molar-refractivity contribution is -0.113. The Labute approximate surface area is 187 Å². The molecular formula is C24H19F2N3O2S. The van der Waals surface area contributed by atoms with Crippen molar-refractivity contribution in [1.82, 2.24) is 9.55 Å². The zero-order valence-electron chi connectivity index (χ0n) is 17.1. The zero-order valence-corrected chi connectivity index (χ0v) is 18.0. The Kier molecular flexibility index (Phi) is 6.32. The van der Waals surface area contributed by atoms with Crippen molar-refractivity contribution in [2.45, 2.75) is 18.5 Å².